The molecule has 0 radical (unpaired) electrons. The van der Waals surface area contributed by atoms with E-state index < -0.39 is 10.0 Å². The van der Waals surface area contributed by atoms with E-state index in [4.69, 9.17) is 4.80 Å². The topological polar surface area (TPSA) is 29.5 Å². The van der Waals surface area contributed by atoms with Crippen molar-refractivity contribution in [2.45, 2.75) is 0 Å². The Morgan fingerprint density at radius 3 is 2.60 bits per heavy atom. The van der Waals surface area contributed by atoms with E-state index in [0.29, 0.717) is 0 Å². The van der Waals surface area contributed by atoms with Crippen molar-refractivity contribution in [3.63, 3.8) is 0 Å². The fourth-order valence-electron chi connectivity index (χ4n) is 0.0304. The highest BCUT2D eigenvalue weighted by Crippen LogP contribution is 1.51. The van der Waals surface area contributed by atoms with E-state index in [1.165, 1.54) is 0 Å². The molecule has 0 aromatic rings. The second-order valence-electron chi connectivity index (χ2n) is 0.392. The third-order valence-corrected chi connectivity index (χ3v) is 0.836. The molecule has 0 aromatic heterocycles. The third-order valence-electron chi connectivity index (χ3n) is 0.143. The predicted molar refractivity (Wildman–Crippen MR) is 25.5 cm³/mol. The van der Waals surface area contributed by atoms with Crippen LogP contribution in [0.1, 0.15) is 0 Å². The maximum atomic E-state index is 7.88. The Bertz CT molecular complexity index is 30.8. The molecule has 2 nitrogen and oxygen atoms in total. The molecule has 0 fully saturated rings. The summed E-state index contributed by atoms with van der Waals surface area (Å²) in [6.45, 7) is 0. The van der Waals surface area contributed by atoms with Gasteiger partial charge in [-0.25, -0.2) is 0 Å². The second kappa shape index (κ2) is 4.07. The fourth-order valence-corrected chi connectivity index (χ4v) is 0.274. The zero-order chi connectivity index (χ0) is 4.12. The van der Waals surface area contributed by atoms with Crippen LogP contribution in [0.15, 0.2) is 0 Å². The number of hydrogen-bond acceptors (Lipinski definition) is 3. The lowest BCUT2D eigenvalue weighted by Gasteiger charge is -1.81. The van der Waals surface area contributed by atoms with Gasteiger partial charge in [-0.1, -0.05) is 0 Å². The summed E-state index contributed by atoms with van der Waals surface area (Å²) in [5.74, 6) is 0. The van der Waals surface area contributed by atoms with Crippen LogP contribution in [-0.4, -0.2) is 20.4 Å². The normalized spacial score (nSPS) is 9.00. The minimum absolute atomic E-state index is 1.08. The first-order valence-electron chi connectivity index (χ1n) is 1.08. The molecule has 0 saturated carbocycles. The summed E-state index contributed by atoms with van der Waals surface area (Å²) >= 11 is 4.18. The van der Waals surface area contributed by atoms with Crippen molar-refractivity contribution < 1.29 is 9.22 Å². The molecule has 0 bridgehead atoms. The number of rotatable bonds is 2. The van der Waals surface area contributed by atoms with Gasteiger partial charge in [0.15, 0.2) is 0 Å². The lowest BCUT2D eigenvalue weighted by molar-refractivity contribution is 0.464. The van der Waals surface area contributed by atoms with Crippen LogP contribution in [0.5, 0.6) is 0 Å². The molecule has 0 atom stereocenters. The van der Waals surface area contributed by atoms with Crippen LogP contribution in [0.3, 0.4) is 0 Å². The van der Waals surface area contributed by atoms with Crippen LogP contribution in [0.25, 0.3) is 0 Å². The molecule has 0 rings (SSSR count). The highest BCUT2D eigenvalue weighted by atomic mass is 32.1. The Morgan fingerprint density at radius 1 is 2.00 bits per heavy atom. The second-order valence-corrected chi connectivity index (χ2v) is 1.18. The molecule has 0 saturated heterocycles. The van der Waals surface area contributed by atoms with Gasteiger partial charge in [0.25, 0.3) is 0 Å². The van der Waals surface area contributed by atoms with Gasteiger partial charge in [0.1, 0.15) is 5.55 Å². The predicted octanol–water partition coefficient (Wildman–Crippen LogP) is -1.05. The van der Waals surface area contributed by atoms with E-state index in [1.54, 1.807) is 0 Å². The van der Waals surface area contributed by atoms with Crippen molar-refractivity contribution >= 4 is 27.8 Å². The summed E-state index contributed by atoms with van der Waals surface area (Å²) in [5.41, 5.74) is 1.08. The molecule has 0 amide bonds. The Balaban J connectivity index is 2.40. The largest absolute Gasteiger partial charge is 0.522 e. The van der Waals surface area contributed by atoms with Crippen LogP contribution in [-0.2, 0) is 4.43 Å². The summed E-state index contributed by atoms with van der Waals surface area (Å²) in [6, 6.07) is 0. The van der Waals surface area contributed by atoms with Crippen LogP contribution >= 0.6 is 12.2 Å². The molecular weight excluding hydrogens is 104 g/mol. The average Bonchev–Trinajstić information content (AvgIpc) is 1.41. The highest BCUT2D eigenvalue weighted by Gasteiger charge is 1.62. The minimum Gasteiger partial charge on any atom is -0.522 e. The monoisotopic (exact) mass is 108 g/mol. The van der Waals surface area contributed by atoms with E-state index in [9.17, 15) is 0 Å². The molecule has 30 valence electrons. The smallest absolute Gasteiger partial charge is 0.363 e. The van der Waals surface area contributed by atoms with E-state index in [-0.39, 0.29) is 0 Å². The van der Waals surface area contributed by atoms with Crippen molar-refractivity contribution in [2.75, 3.05) is 0 Å². The molecule has 4 heteroatoms. The van der Waals surface area contributed by atoms with E-state index in [2.05, 4.69) is 16.6 Å². The molecule has 0 aromatic carbocycles. The first kappa shape index (κ1) is 5.07. The number of hydrogen-bond donors (Lipinski definition) is 1. The molecule has 0 aliphatic carbocycles. The van der Waals surface area contributed by atoms with Crippen LogP contribution in [0.2, 0.25) is 0 Å². The molecule has 0 heterocycles. The van der Waals surface area contributed by atoms with Crippen molar-refractivity contribution in [1.29, 1.82) is 0 Å². The molecule has 0 spiro atoms. The third kappa shape index (κ3) is 4.07. The Labute approximate surface area is 37.8 Å². The van der Waals surface area contributed by atoms with Gasteiger partial charge in [0.2, 0.25) is 0 Å². The summed E-state index contributed by atoms with van der Waals surface area (Å²) in [5, 5.41) is 0. The minimum atomic E-state index is -1.25. The van der Waals surface area contributed by atoms with Crippen LogP contribution < -0.4 is 0 Å². The van der Waals surface area contributed by atoms with E-state index >= 15 is 0 Å². The van der Waals surface area contributed by atoms with E-state index in [0.717, 1.165) is 5.55 Å². The zero-order valence-electron chi connectivity index (χ0n) is 2.55. The first-order valence-corrected chi connectivity index (χ1v) is 2.76. The molecule has 0 unspecified atom stereocenters. The quantitative estimate of drug-likeness (QED) is 0.361. The van der Waals surface area contributed by atoms with Gasteiger partial charge < -0.3 is 9.22 Å². The van der Waals surface area contributed by atoms with Gasteiger partial charge in [0, 0.05) is 0 Å². The van der Waals surface area contributed by atoms with Gasteiger partial charge in [-0.15, -0.1) is 0 Å². The van der Waals surface area contributed by atoms with Crippen molar-refractivity contribution in [2.24, 2.45) is 0 Å². The molecule has 1 N–H and O–H groups in total. The highest BCUT2D eigenvalue weighted by molar-refractivity contribution is 7.78. The Kier molecular flexibility index (Phi) is 4.12. The summed E-state index contributed by atoms with van der Waals surface area (Å²) in [6.07, 6.45) is 0. The van der Waals surface area contributed by atoms with Gasteiger partial charge in [-0.2, -0.15) is 0 Å². The van der Waals surface area contributed by atoms with Gasteiger partial charge >= 0.3 is 10.0 Å². The summed E-state index contributed by atoms with van der Waals surface area (Å²) < 4.78 is 4.22. The van der Waals surface area contributed by atoms with Crippen molar-refractivity contribution in [1.82, 2.24) is 0 Å². The van der Waals surface area contributed by atoms with Crippen molar-refractivity contribution in [3.05, 3.63) is 0 Å². The fraction of sp³-hybridized carbons (Fsp3) is 0. The SMILES string of the molecule is O[SiH2]OC=S. The molecule has 0 aliphatic rings. The summed E-state index contributed by atoms with van der Waals surface area (Å²) in [4.78, 5) is 7.88. The lowest BCUT2D eigenvalue weighted by Crippen LogP contribution is -1.89. The van der Waals surface area contributed by atoms with Gasteiger partial charge in [-0.3, -0.25) is 0 Å². The Morgan fingerprint density at radius 2 is 2.60 bits per heavy atom. The summed E-state index contributed by atoms with van der Waals surface area (Å²) in [7, 11) is -1.25. The average molecular weight is 108 g/mol. The lowest BCUT2D eigenvalue weighted by atomic mass is 11.7. The molecular formula is CH4O2SSi. The standard InChI is InChI=1S/CH4O2SSi/c2-5-3-1-4/h1-2H,5H2. The Hall–Kier alpha value is 0.0669. The first-order chi connectivity index (χ1) is 2.41. The van der Waals surface area contributed by atoms with Crippen LogP contribution in [0, 0.1) is 0 Å². The van der Waals surface area contributed by atoms with E-state index in [1.807, 2.05) is 0 Å². The maximum absolute atomic E-state index is 7.88. The van der Waals surface area contributed by atoms with Crippen molar-refractivity contribution in [3.8, 4) is 0 Å². The van der Waals surface area contributed by atoms with Gasteiger partial charge in [0.05, 0.1) is 0 Å². The number of thiocarbonyl (C=S) groups is 1. The molecule has 0 aliphatic heterocycles. The maximum Gasteiger partial charge on any atom is 0.363 e. The molecule has 5 heavy (non-hydrogen) atoms. The zero-order valence-corrected chi connectivity index (χ0v) is 4.78. The van der Waals surface area contributed by atoms with Gasteiger partial charge in [-0.05, 0) is 12.2 Å². The van der Waals surface area contributed by atoms with Crippen LogP contribution in [0.4, 0.5) is 0 Å².